The third-order valence-electron chi connectivity index (χ3n) is 9.18. The molecule has 274 valence electrons. The van der Waals surface area contributed by atoms with Gasteiger partial charge in [0.05, 0.1) is 40.9 Å². The predicted molar refractivity (Wildman–Crippen MR) is 194 cm³/mol. The fourth-order valence-electron chi connectivity index (χ4n) is 6.06. The second kappa shape index (κ2) is 15.7. The molecule has 2 aliphatic rings. The van der Waals surface area contributed by atoms with Crippen LogP contribution >= 0.6 is 23.5 Å². The number of amides is 3. The maximum absolute atomic E-state index is 14.8. The zero-order chi connectivity index (χ0) is 37.2. The summed E-state index contributed by atoms with van der Waals surface area (Å²) in [6.45, 7) is 7.96. The summed E-state index contributed by atoms with van der Waals surface area (Å²) >= 11 is 3.24. The quantitative estimate of drug-likeness (QED) is 0.0723. The van der Waals surface area contributed by atoms with E-state index in [4.69, 9.17) is 15.5 Å². The fraction of sp³-hybridized carbons (Fsp3) is 0.486. The Balaban J connectivity index is 1.20. The lowest BCUT2D eigenvalue weighted by molar-refractivity contribution is -0.172. The average molecular weight is 743 g/mol. The Labute approximate surface area is 303 Å². The van der Waals surface area contributed by atoms with E-state index in [1.54, 1.807) is 61.0 Å². The van der Waals surface area contributed by atoms with Crippen LogP contribution in [-0.4, -0.2) is 73.9 Å². The van der Waals surface area contributed by atoms with Gasteiger partial charge in [0.1, 0.15) is 24.5 Å². The largest absolute Gasteiger partial charge is 0.458 e. The van der Waals surface area contributed by atoms with Crippen LogP contribution < -0.4 is 27.2 Å². The lowest BCUT2D eigenvalue weighted by atomic mass is 9.86. The van der Waals surface area contributed by atoms with Gasteiger partial charge in [-0.2, -0.15) is 11.8 Å². The molecule has 13 nitrogen and oxygen atoms in total. The lowest BCUT2D eigenvalue weighted by Gasteiger charge is -2.31. The predicted octanol–water partition coefficient (Wildman–Crippen LogP) is 2.31. The zero-order valence-corrected chi connectivity index (χ0v) is 30.8. The van der Waals surface area contributed by atoms with Crippen molar-refractivity contribution in [2.45, 2.75) is 90.1 Å². The number of carbonyl (C=O) groups excluding carboxylic acids is 4. The van der Waals surface area contributed by atoms with E-state index >= 15 is 0 Å². The summed E-state index contributed by atoms with van der Waals surface area (Å²) in [5.41, 5.74) is 7.41. The SMILES string of the molecule is CC[C@@]1(O)C(=O)OCc2c1cc1n(c2=O)Cc2c-1nc1cc(F)c(C)cc1c2CSCCCSCNC(=O)[C@H](C)NC(=O)[C@H](C)NC(=O)[C@H](C)N. The maximum Gasteiger partial charge on any atom is 0.343 e. The van der Waals surface area contributed by atoms with Crippen LogP contribution in [-0.2, 0) is 48.4 Å². The molecule has 2 aliphatic heterocycles. The number of aliphatic hydroxyl groups is 1. The normalized spacial score (nSPS) is 17.8. The Bertz CT molecular complexity index is 1950. The van der Waals surface area contributed by atoms with E-state index in [-0.39, 0.29) is 42.2 Å². The number of hydrogen-bond donors (Lipinski definition) is 5. The molecule has 1 aromatic carbocycles. The van der Waals surface area contributed by atoms with Crippen LogP contribution in [0.25, 0.3) is 22.3 Å². The molecule has 0 bridgehead atoms. The van der Waals surface area contributed by atoms with Crippen molar-refractivity contribution in [3.63, 3.8) is 0 Å². The number of thioether (sulfide) groups is 2. The Morgan fingerprint density at radius 1 is 1.06 bits per heavy atom. The van der Waals surface area contributed by atoms with Gasteiger partial charge in [-0.3, -0.25) is 19.2 Å². The van der Waals surface area contributed by atoms with Gasteiger partial charge >= 0.3 is 5.97 Å². The number of carbonyl (C=O) groups is 4. The third-order valence-corrected chi connectivity index (χ3v) is 11.2. The second-order valence-corrected chi connectivity index (χ2v) is 15.1. The average Bonchev–Trinajstić information content (AvgIpc) is 3.46. The molecule has 2 aromatic heterocycles. The summed E-state index contributed by atoms with van der Waals surface area (Å²) in [5, 5.41) is 19.9. The molecule has 0 fully saturated rings. The minimum absolute atomic E-state index is 0.0326. The molecule has 0 radical (unpaired) electrons. The number of rotatable bonds is 14. The standard InChI is InChI=1S/C35H43FN6O7S2/c1-6-35(48)25-11-28-29-22(13-42(28)33(46)23(25)14-49-34(35)47)24(21-10-17(2)26(36)12-27(21)41-29)15-50-8-7-9-51-16-38-31(44)19(4)40-32(45)20(5)39-30(43)18(3)37/h10-12,18-20,48H,6-9,13-16,37H2,1-5H3,(H,38,44)(H,39,43)(H,40,45)/t18-,19-,20-,35-/m0/s1. The monoisotopic (exact) mass is 742 g/mol. The van der Waals surface area contributed by atoms with Crippen LogP contribution in [0.5, 0.6) is 0 Å². The number of nitrogens with one attached hydrogen (secondary N) is 3. The van der Waals surface area contributed by atoms with E-state index in [1.165, 1.54) is 19.9 Å². The van der Waals surface area contributed by atoms with Crippen molar-refractivity contribution in [3.05, 3.63) is 62.2 Å². The molecular formula is C35H43FN6O7S2. The topological polar surface area (TPSA) is 195 Å². The molecule has 3 aromatic rings. The second-order valence-electron chi connectivity index (χ2n) is 12.9. The first kappa shape index (κ1) is 38.2. The van der Waals surface area contributed by atoms with Crippen LogP contribution in [0.15, 0.2) is 23.0 Å². The van der Waals surface area contributed by atoms with Crippen molar-refractivity contribution in [2.75, 3.05) is 17.4 Å². The van der Waals surface area contributed by atoms with E-state index in [1.807, 2.05) is 0 Å². The van der Waals surface area contributed by atoms with Gasteiger partial charge in [-0.1, -0.05) is 6.92 Å². The number of nitrogens with zero attached hydrogens (tertiary/aromatic N) is 2. The summed E-state index contributed by atoms with van der Waals surface area (Å²) < 4.78 is 21.5. The lowest BCUT2D eigenvalue weighted by Crippen LogP contribution is -2.53. The maximum atomic E-state index is 14.8. The first-order chi connectivity index (χ1) is 24.2. The Kier molecular flexibility index (Phi) is 11.8. The molecule has 51 heavy (non-hydrogen) atoms. The molecule has 0 saturated carbocycles. The van der Waals surface area contributed by atoms with Gasteiger partial charge in [0.2, 0.25) is 17.7 Å². The Morgan fingerprint density at radius 2 is 1.75 bits per heavy atom. The number of esters is 1. The van der Waals surface area contributed by atoms with Gasteiger partial charge in [-0.25, -0.2) is 14.2 Å². The first-order valence-electron chi connectivity index (χ1n) is 16.8. The molecule has 0 spiro atoms. The summed E-state index contributed by atoms with van der Waals surface area (Å²) in [7, 11) is 0. The number of benzene rings is 1. The first-order valence-corrected chi connectivity index (χ1v) is 19.1. The highest BCUT2D eigenvalue weighted by atomic mass is 32.2. The fourth-order valence-corrected chi connectivity index (χ4v) is 8.00. The minimum atomic E-state index is -1.94. The molecule has 6 N–H and O–H groups in total. The van der Waals surface area contributed by atoms with Crippen LogP contribution in [0.1, 0.15) is 68.4 Å². The third kappa shape index (κ3) is 7.78. The van der Waals surface area contributed by atoms with E-state index in [0.717, 1.165) is 34.4 Å². The molecule has 4 atom stereocenters. The van der Waals surface area contributed by atoms with Gasteiger partial charge in [-0.05, 0) is 75.3 Å². The minimum Gasteiger partial charge on any atom is -0.458 e. The van der Waals surface area contributed by atoms with Gasteiger partial charge in [-0.15, -0.1) is 11.8 Å². The van der Waals surface area contributed by atoms with Crippen LogP contribution in [0.2, 0.25) is 0 Å². The number of nitrogens with two attached hydrogens (primary N) is 1. The summed E-state index contributed by atoms with van der Waals surface area (Å²) in [6.07, 6.45) is 0.869. The highest BCUT2D eigenvalue weighted by molar-refractivity contribution is 7.99. The van der Waals surface area contributed by atoms with Crippen LogP contribution in [0, 0.1) is 12.7 Å². The molecule has 5 rings (SSSR count). The summed E-state index contributed by atoms with van der Waals surface area (Å²) in [4.78, 5) is 67.6. The van der Waals surface area contributed by atoms with E-state index in [0.29, 0.717) is 34.1 Å². The number of cyclic esters (lactones) is 1. The number of ether oxygens (including phenoxy) is 1. The molecule has 4 heterocycles. The van der Waals surface area contributed by atoms with E-state index in [2.05, 4.69) is 16.0 Å². The number of halogens is 1. The van der Waals surface area contributed by atoms with Gasteiger partial charge in [0.15, 0.2) is 5.60 Å². The van der Waals surface area contributed by atoms with Crippen molar-refractivity contribution in [1.82, 2.24) is 25.5 Å². The van der Waals surface area contributed by atoms with E-state index in [9.17, 15) is 33.5 Å². The highest BCUT2D eigenvalue weighted by Crippen LogP contribution is 2.41. The Morgan fingerprint density at radius 3 is 2.45 bits per heavy atom. The Hall–Kier alpha value is -3.99. The highest BCUT2D eigenvalue weighted by Gasteiger charge is 2.45. The van der Waals surface area contributed by atoms with Crippen LogP contribution in [0.4, 0.5) is 4.39 Å². The molecule has 0 saturated heterocycles. The van der Waals surface area contributed by atoms with Gasteiger partial charge < -0.3 is 36.1 Å². The van der Waals surface area contributed by atoms with Crippen molar-refractivity contribution in [2.24, 2.45) is 5.73 Å². The molecule has 0 aliphatic carbocycles. The van der Waals surface area contributed by atoms with Gasteiger partial charge in [0, 0.05) is 28.3 Å². The van der Waals surface area contributed by atoms with Crippen molar-refractivity contribution in [1.29, 1.82) is 0 Å². The molecule has 16 heteroatoms. The molecule has 0 unspecified atom stereocenters. The number of aryl methyl sites for hydroxylation is 1. The molecular weight excluding hydrogens is 700 g/mol. The van der Waals surface area contributed by atoms with Gasteiger partial charge in [0.25, 0.3) is 5.56 Å². The van der Waals surface area contributed by atoms with Crippen molar-refractivity contribution in [3.8, 4) is 11.4 Å². The number of pyridine rings is 2. The molecule has 3 amide bonds. The summed E-state index contributed by atoms with van der Waals surface area (Å²) in [6, 6.07) is 2.45. The number of fused-ring (bicyclic) bond motifs is 5. The van der Waals surface area contributed by atoms with E-state index < -0.39 is 47.3 Å². The number of hydrogen-bond acceptors (Lipinski definition) is 11. The van der Waals surface area contributed by atoms with Crippen LogP contribution in [0.3, 0.4) is 0 Å². The smallest absolute Gasteiger partial charge is 0.343 e. The summed E-state index contributed by atoms with van der Waals surface area (Å²) in [5.74, 6) is 0.00844. The van der Waals surface area contributed by atoms with Crippen molar-refractivity contribution >= 4 is 58.1 Å². The number of aromatic nitrogens is 2. The van der Waals surface area contributed by atoms with Crippen molar-refractivity contribution < 1.29 is 33.4 Å². The zero-order valence-electron chi connectivity index (χ0n) is 29.2.